The van der Waals surface area contributed by atoms with Gasteiger partial charge in [-0.15, -0.1) is 0 Å². The maximum Gasteiger partial charge on any atom is 0.311 e. The molecule has 2 aliphatic rings. The third kappa shape index (κ3) is 2.04. The zero-order valence-electron chi connectivity index (χ0n) is 13.3. The van der Waals surface area contributed by atoms with Crippen LogP contribution >= 0.6 is 0 Å². The second-order valence-electron chi connectivity index (χ2n) is 6.91. The molecule has 0 saturated heterocycles. The molecule has 0 spiro atoms. The van der Waals surface area contributed by atoms with Gasteiger partial charge in [0.2, 0.25) is 0 Å². The van der Waals surface area contributed by atoms with Crippen LogP contribution in [0.4, 0.5) is 0 Å². The van der Waals surface area contributed by atoms with Gasteiger partial charge >= 0.3 is 11.9 Å². The van der Waals surface area contributed by atoms with Crippen molar-refractivity contribution in [3.63, 3.8) is 0 Å². The van der Waals surface area contributed by atoms with Crippen LogP contribution in [0, 0.1) is 11.3 Å². The average Bonchev–Trinajstić information content (AvgIpc) is 2.62. The molecule has 0 radical (unpaired) electrons. The molecule has 22 heavy (non-hydrogen) atoms. The fraction of sp³-hybridized carbons (Fsp3) is 0.556. The molecule has 1 aromatic rings. The van der Waals surface area contributed by atoms with E-state index in [1.54, 1.807) is 0 Å². The van der Waals surface area contributed by atoms with Gasteiger partial charge in [0.05, 0.1) is 18.9 Å². The monoisotopic (exact) mass is 302 g/mol. The van der Waals surface area contributed by atoms with Crippen LogP contribution in [0.15, 0.2) is 24.3 Å². The topological polar surface area (TPSA) is 52.6 Å². The third-order valence-corrected chi connectivity index (χ3v) is 5.68. The Kier molecular flexibility index (Phi) is 3.50. The number of hydrogen-bond acceptors (Lipinski definition) is 4. The van der Waals surface area contributed by atoms with Crippen molar-refractivity contribution < 1.29 is 19.1 Å². The SMILES string of the molecule is COC(=O)[C@@]1(C)CCC[C@]2(C)c3ccccc3OC(=O)C[C@@H]12. The molecule has 3 atom stereocenters. The van der Waals surface area contributed by atoms with Crippen molar-refractivity contribution in [3.8, 4) is 5.75 Å². The van der Waals surface area contributed by atoms with Gasteiger partial charge in [0.15, 0.2) is 0 Å². The summed E-state index contributed by atoms with van der Waals surface area (Å²) in [5, 5.41) is 0. The molecule has 118 valence electrons. The maximum atomic E-state index is 12.4. The third-order valence-electron chi connectivity index (χ3n) is 5.68. The first kappa shape index (κ1) is 15.1. The predicted molar refractivity (Wildman–Crippen MR) is 81.5 cm³/mol. The van der Waals surface area contributed by atoms with E-state index in [2.05, 4.69) is 6.92 Å². The van der Waals surface area contributed by atoms with Crippen LogP contribution in [-0.4, -0.2) is 19.0 Å². The van der Waals surface area contributed by atoms with Crippen LogP contribution in [0.1, 0.15) is 45.1 Å². The Morgan fingerprint density at radius 2 is 2.00 bits per heavy atom. The Balaban J connectivity index is 2.17. The highest BCUT2D eigenvalue weighted by Crippen LogP contribution is 2.57. The average molecular weight is 302 g/mol. The maximum absolute atomic E-state index is 12.4. The van der Waals surface area contributed by atoms with E-state index in [-0.39, 0.29) is 29.7 Å². The van der Waals surface area contributed by atoms with Crippen LogP contribution in [0.3, 0.4) is 0 Å². The largest absolute Gasteiger partial charge is 0.469 e. The van der Waals surface area contributed by atoms with Crippen LogP contribution in [0.5, 0.6) is 5.75 Å². The number of ether oxygens (including phenoxy) is 2. The molecule has 4 heteroatoms. The molecule has 1 saturated carbocycles. The lowest BCUT2D eigenvalue weighted by atomic mass is 9.53. The van der Waals surface area contributed by atoms with E-state index in [1.165, 1.54) is 7.11 Å². The van der Waals surface area contributed by atoms with Crippen molar-refractivity contribution >= 4 is 11.9 Å². The van der Waals surface area contributed by atoms with Gasteiger partial charge in [-0.05, 0) is 31.7 Å². The minimum atomic E-state index is -0.655. The molecule has 0 unspecified atom stereocenters. The van der Waals surface area contributed by atoms with Gasteiger partial charge in [0.1, 0.15) is 5.75 Å². The van der Waals surface area contributed by atoms with Gasteiger partial charge in [0.25, 0.3) is 0 Å². The molecule has 4 nitrogen and oxygen atoms in total. The molecule has 1 aliphatic heterocycles. The number of fused-ring (bicyclic) bond motifs is 3. The quantitative estimate of drug-likeness (QED) is 0.590. The first-order valence-electron chi connectivity index (χ1n) is 7.80. The second-order valence-corrected chi connectivity index (χ2v) is 6.91. The molecule has 1 aliphatic carbocycles. The number of rotatable bonds is 1. The first-order valence-corrected chi connectivity index (χ1v) is 7.80. The predicted octanol–water partition coefficient (Wildman–Crippen LogP) is 3.23. The van der Waals surface area contributed by atoms with Crippen LogP contribution in [0.2, 0.25) is 0 Å². The molecular formula is C18H22O4. The van der Waals surface area contributed by atoms with E-state index >= 15 is 0 Å². The molecule has 0 N–H and O–H groups in total. The van der Waals surface area contributed by atoms with E-state index < -0.39 is 5.41 Å². The molecular weight excluding hydrogens is 280 g/mol. The molecule has 0 amide bonds. The van der Waals surface area contributed by atoms with Crippen molar-refractivity contribution in [1.29, 1.82) is 0 Å². The first-order chi connectivity index (χ1) is 10.4. The highest BCUT2D eigenvalue weighted by atomic mass is 16.5. The van der Waals surface area contributed by atoms with Gasteiger partial charge in [-0.3, -0.25) is 9.59 Å². The number of methoxy groups -OCH3 is 1. The lowest BCUT2D eigenvalue weighted by Crippen LogP contribution is -2.50. The Labute approximate surface area is 130 Å². The number of para-hydroxylation sites is 1. The zero-order chi connectivity index (χ0) is 16.0. The second kappa shape index (κ2) is 5.11. The van der Waals surface area contributed by atoms with Crippen molar-refractivity contribution in [2.75, 3.05) is 7.11 Å². The molecule has 0 bridgehead atoms. The summed E-state index contributed by atoms with van der Waals surface area (Å²) in [6.07, 6.45) is 2.87. The summed E-state index contributed by atoms with van der Waals surface area (Å²) in [5.74, 6) is 0.0257. The molecule has 1 heterocycles. The standard InChI is InChI=1S/C18H22O4/c1-17-9-6-10-18(2,16(20)21-3)14(17)11-15(19)22-13-8-5-4-7-12(13)17/h4-5,7-8,14H,6,9-11H2,1-3H3/t14-,17-,18+/m1/s1. The number of carbonyl (C=O) groups is 2. The van der Waals surface area contributed by atoms with Gasteiger partial charge in [-0.2, -0.15) is 0 Å². The zero-order valence-corrected chi connectivity index (χ0v) is 13.3. The summed E-state index contributed by atoms with van der Waals surface area (Å²) in [7, 11) is 1.42. The van der Waals surface area contributed by atoms with Crippen LogP contribution < -0.4 is 4.74 Å². The van der Waals surface area contributed by atoms with Crippen molar-refractivity contribution in [1.82, 2.24) is 0 Å². The Bertz CT molecular complexity index is 623. The normalized spacial score (nSPS) is 34.0. The van der Waals surface area contributed by atoms with E-state index in [0.29, 0.717) is 5.75 Å². The summed E-state index contributed by atoms with van der Waals surface area (Å²) >= 11 is 0. The van der Waals surface area contributed by atoms with Crippen LogP contribution in [0.25, 0.3) is 0 Å². The lowest BCUT2D eigenvalue weighted by Gasteiger charge is -2.49. The van der Waals surface area contributed by atoms with Crippen LogP contribution in [-0.2, 0) is 19.7 Å². The minimum Gasteiger partial charge on any atom is -0.469 e. The van der Waals surface area contributed by atoms with Gasteiger partial charge in [0, 0.05) is 11.0 Å². The molecule has 1 fully saturated rings. The van der Waals surface area contributed by atoms with E-state index in [4.69, 9.17) is 9.47 Å². The minimum absolute atomic E-state index is 0.114. The molecule has 3 rings (SSSR count). The number of esters is 2. The number of carbonyl (C=O) groups excluding carboxylic acids is 2. The van der Waals surface area contributed by atoms with Crippen molar-refractivity contribution in [2.45, 2.75) is 44.9 Å². The highest BCUT2D eigenvalue weighted by Gasteiger charge is 2.56. The Morgan fingerprint density at radius 3 is 2.73 bits per heavy atom. The Hall–Kier alpha value is -1.84. The Morgan fingerprint density at radius 1 is 1.27 bits per heavy atom. The van der Waals surface area contributed by atoms with E-state index in [1.807, 2.05) is 31.2 Å². The fourth-order valence-corrected chi connectivity index (χ4v) is 4.48. The van der Waals surface area contributed by atoms with Crippen molar-refractivity contribution in [2.24, 2.45) is 11.3 Å². The lowest BCUT2D eigenvalue weighted by molar-refractivity contribution is -0.161. The van der Waals surface area contributed by atoms with E-state index in [9.17, 15) is 9.59 Å². The summed E-state index contributed by atoms with van der Waals surface area (Å²) in [5.41, 5.74) is 0.114. The molecule has 1 aromatic carbocycles. The summed E-state index contributed by atoms with van der Waals surface area (Å²) in [4.78, 5) is 24.7. The van der Waals surface area contributed by atoms with Gasteiger partial charge < -0.3 is 9.47 Å². The summed E-state index contributed by atoms with van der Waals surface area (Å²) < 4.78 is 10.6. The smallest absolute Gasteiger partial charge is 0.311 e. The number of benzene rings is 1. The van der Waals surface area contributed by atoms with Gasteiger partial charge in [-0.25, -0.2) is 0 Å². The molecule has 0 aromatic heterocycles. The van der Waals surface area contributed by atoms with Crippen molar-refractivity contribution in [3.05, 3.63) is 29.8 Å². The summed E-state index contributed by atoms with van der Waals surface area (Å²) in [6.45, 7) is 4.08. The van der Waals surface area contributed by atoms with E-state index in [0.717, 1.165) is 24.8 Å². The number of hydrogen-bond donors (Lipinski definition) is 0. The van der Waals surface area contributed by atoms with Gasteiger partial charge in [-0.1, -0.05) is 31.5 Å². The fourth-order valence-electron chi connectivity index (χ4n) is 4.48. The summed E-state index contributed by atoms with van der Waals surface area (Å²) in [6, 6.07) is 7.69. The highest BCUT2D eigenvalue weighted by molar-refractivity contribution is 5.81.